The highest BCUT2D eigenvalue weighted by Crippen LogP contribution is 2.29. The molecule has 13 heteroatoms. The molecule has 2 saturated heterocycles. The van der Waals surface area contributed by atoms with Crippen LogP contribution in [0.1, 0.15) is 25.7 Å². The zero-order chi connectivity index (χ0) is 33.6. The third-order valence-corrected chi connectivity index (χ3v) is 8.46. The third-order valence-electron chi connectivity index (χ3n) is 7.87. The summed E-state index contributed by atoms with van der Waals surface area (Å²) in [5.41, 5.74) is 7.49. The SMILES string of the molecule is Cl.Nc1ccc(OCCN2CCCC2)c(Cl)c1.O=C(Nc1ccc(Oc2ccncc2)cc1)Nc1ccc(OCCN2CCCC2)c(Cl)c1. The first kappa shape index (κ1) is 37.9. The van der Waals surface area contributed by atoms with E-state index in [9.17, 15) is 4.79 Å². The van der Waals surface area contributed by atoms with E-state index in [0.717, 1.165) is 31.9 Å². The smallest absolute Gasteiger partial charge is 0.323 e. The number of carbonyl (C=O) groups is 1. The number of aromatic nitrogens is 1. The first-order chi connectivity index (χ1) is 23.4. The number of pyridine rings is 1. The van der Waals surface area contributed by atoms with E-state index in [-0.39, 0.29) is 18.4 Å². The van der Waals surface area contributed by atoms with Crippen molar-refractivity contribution in [1.29, 1.82) is 0 Å². The van der Waals surface area contributed by atoms with Crippen molar-refractivity contribution < 1.29 is 19.0 Å². The molecular formula is C36H43Cl3N6O4. The lowest BCUT2D eigenvalue weighted by Crippen LogP contribution is -2.25. The molecule has 0 atom stereocenters. The first-order valence-electron chi connectivity index (χ1n) is 16.2. The number of likely N-dealkylation sites (tertiary alicyclic amines) is 2. The minimum Gasteiger partial charge on any atom is -0.491 e. The molecule has 0 spiro atoms. The molecule has 4 aromatic rings. The summed E-state index contributed by atoms with van der Waals surface area (Å²) in [4.78, 5) is 21.1. The van der Waals surface area contributed by atoms with Crippen molar-refractivity contribution in [2.75, 3.05) is 68.8 Å². The predicted octanol–water partition coefficient (Wildman–Crippen LogP) is 8.46. The van der Waals surface area contributed by atoms with E-state index in [1.165, 1.54) is 38.8 Å². The first-order valence-corrected chi connectivity index (χ1v) is 17.0. The van der Waals surface area contributed by atoms with Crippen LogP contribution in [0.3, 0.4) is 0 Å². The van der Waals surface area contributed by atoms with Gasteiger partial charge in [0.1, 0.15) is 36.2 Å². The zero-order valence-corrected chi connectivity index (χ0v) is 29.6. The topological polar surface area (TPSA) is 114 Å². The van der Waals surface area contributed by atoms with Gasteiger partial charge in [0.2, 0.25) is 0 Å². The summed E-state index contributed by atoms with van der Waals surface area (Å²) in [5, 5.41) is 6.61. The van der Waals surface area contributed by atoms with Gasteiger partial charge in [0.25, 0.3) is 0 Å². The van der Waals surface area contributed by atoms with E-state index in [1.807, 2.05) is 6.07 Å². The number of amides is 2. The minimum absolute atomic E-state index is 0. The second-order valence-corrected chi connectivity index (χ2v) is 12.3. The number of hydrogen-bond acceptors (Lipinski definition) is 8. The summed E-state index contributed by atoms with van der Waals surface area (Å²) >= 11 is 12.3. The molecule has 2 aliphatic heterocycles. The van der Waals surface area contributed by atoms with Crippen molar-refractivity contribution in [2.24, 2.45) is 0 Å². The second-order valence-electron chi connectivity index (χ2n) is 11.5. The number of benzene rings is 3. The number of nitrogens with one attached hydrogen (secondary N) is 2. The fourth-order valence-corrected chi connectivity index (χ4v) is 5.83. The van der Waals surface area contributed by atoms with E-state index < -0.39 is 0 Å². The lowest BCUT2D eigenvalue weighted by Gasteiger charge is -2.16. The Labute approximate surface area is 304 Å². The molecule has 2 amide bonds. The van der Waals surface area contributed by atoms with Crippen LogP contribution in [0.2, 0.25) is 10.0 Å². The molecule has 2 fully saturated rings. The van der Waals surface area contributed by atoms with Crippen molar-refractivity contribution in [1.82, 2.24) is 14.8 Å². The molecule has 3 heterocycles. The molecule has 4 N–H and O–H groups in total. The monoisotopic (exact) mass is 728 g/mol. The number of nitrogen functional groups attached to an aromatic ring is 1. The highest BCUT2D eigenvalue weighted by atomic mass is 35.5. The van der Waals surface area contributed by atoms with Crippen molar-refractivity contribution in [3.05, 3.63) is 95.2 Å². The molecule has 2 aliphatic rings. The van der Waals surface area contributed by atoms with Gasteiger partial charge >= 0.3 is 6.03 Å². The van der Waals surface area contributed by atoms with Gasteiger partial charge in [-0.2, -0.15) is 0 Å². The van der Waals surface area contributed by atoms with E-state index in [2.05, 4.69) is 25.4 Å². The fourth-order valence-electron chi connectivity index (χ4n) is 5.35. The largest absolute Gasteiger partial charge is 0.491 e. The average molecular weight is 730 g/mol. The maximum atomic E-state index is 12.3. The van der Waals surface area contributed by atoms with Crippen LogP contribution in [-0.4, -0.2) is 73.3 Å². The van der Waals surface area contributed by atoms with Gasteiger partial charge in [-0.05, 0) is 125 Å². The Morgan fingerprint density at radius 2 is 1.18 bits per heavy atom. The summed E-state index contributed by atoms with van der Waals surface area (Å²) in [6.45, 7) is 7.80. The van der Waals surface area contributed by atoms with Gasteiger partial charge in [0, 0.05) is 42.5 Å². The van der Waals surface area contributed by atoms with Crippen LogP contribution in [0.4, 0.5) is 21.9 Å². The number of rotatable bonds is 12. The van der Waals surface area contributed by atoms with Crippen molar-refractivity contribution in [3.8, 4) is 23.0 Å². The Morgan fingerprint density at radius 1 is 0.694 bits per heavy atom. The van der Waals surface area contributed by atoms with Crippen LogP contribution in [0.5, 0.6) is 23.0 Å². The van der Waals surface area contributed by atoms with Gasteiger partial charge in [-0.25, -0.2) is 4.79 Å². The van der Waals surface area contributed by atoms with Crippen LogP contribution in [0.25, 0.3) is 0 Å². The van der Waals surface area contributed by atoms with Gasteiger partial charge < -0.3 is 30.6 Å². The fraction of sp³-hybridized carbons (Fsp3) is 0.333. The van der Waals surface area contributed by atoms with E-state index >= 15 is 0 Å². The number of carbonyl (C=O) groups excluding carboxylic acids is 1. The second kappa shape index (κ2) is 19.9. The third kappa shape index (κ3) is 12.8. The lowest BCUT2D eigenvalue weighted by molar-refractivity contribution is 0.238. The Morgan fingerprint density at radius 3 is 1.73 bits per heavy atom. The molecule has 0 saturated carbocycles. The summed E-state index contributed by atoms with van der Waals surface area (Å²) in [6.07, 6.45) is 8.45. The number of nitrogens with two attached hydrogens (primary N) is 1. The number of ether oxygens (including phenoxy) is 3. The molecule has 6 rings (SSSR count). The van der Waals surface area contributed by atoms with Gasteiger partial charge in [-0.15, -0.1) is 12.4 Å². The van der Waals surface area contributed by atoms with Crippen LogP contribution in [0, 0.1) is 0 Å². The molecule has 49 heavy (non-hydrogen) atoms. The quantitative estimate of drug-likeness (QED) is 0.125. The normalized spacial score (nSPS) is 14.2. The number of hydrogen-bond donors (Lipinski definition) is 3. The maximum Gasteiger partial charge on any atom is 0.323 e. The minimum atomic E-state index is -0.369. The predicted molar refractivity (Wildman–Crippen MR) is 200 cm³/mol. The molecule has 0 radical (unpaired) electrons. The Kier molecular flexibility index (Phi) is 15.4. The summed E-state index contributed by atoms with van der Waals surface area (Å²) in [6, 6.07) is 20.8. The molecule has 262 valence electrons. The van der Waals surface area contributed by atoms with Crippen LogP contribution in [-0.2, 0) is 0 Å². The van der Waals surface area contributed by atoms with Gasteiger partial charge in [-0.3, -0.25) is 14.8 Å². The number of anilines is 3. The Balaban J connectivity index is 0.000000268. The molecule has 0 aliphatic carbocycles. The van der Waals surface area contributed by atoms with Crippen molar-refractivity contribution >= 4 is 58.7 Å². The Bertz CT molecular complexity index is 1590. The van der Waals surface area contributed by atoms with Gasteiger partial charge in [0.05, 0.1) is 10.0 Å². The van der Waals surface area contributed by atoms with Crippen LogP contribution >= 0.6 is 35.6 Å². The highest BCUT2D eigenvalue weighted by molar-refractivity contribution is 6.32. The van der Waals surface area contributed by atoms with E-state index in [1.54, 1.807) is 79.1 Å². The van der Waals surface area contributed by atoms with E-state index in [4.69, 9.17) is 43.1 Å². The molecule has 1 aromatic heterocycles. The number of nitrogens with zero attached hydrogens (tertiary/aromatic N) is 3. The van der Waals surface area contributed by atoms with Crippen LogP contribution < -0.4 is 30.6 Å². The van der Waals surface area contributed by atoms with Gasteiger partial charge in [-0.1, -0.05) is 23.2 Å². The number of halogens is 3. The molecular weight excluding hydrogens is 687 g/mol. The molecule has 3 aromatic carbocycles. The maximum absolute atomic E-state index is 12.3. The number of urea groups is 1. The van der Waals surface area contributed by atoms with Crippen molar-refractivity contribution in [2.45, 2.75) is 25.7 Å². The summed E-state index contributed by atoms with van der Waals surface area (Å²) < 4.78 is 17.1. The average Bonchev–Trinajstić information content (AvgIpc) is 3.80. The highest BCUT2D eigenvalue weighted by Gasteiger charge is 2.13. The molecule has 0 unspecified atom stereocenters. The van der Waals surface area contributed by atoms with E-state index in [0.29, 0.717) is 57.6 Å². The van der Waals surface area contributed by atoms with Gasteiger partial charge in [0.15, 0.2) is 0 Å². The summed E-state index contributed by atoms with van der Waals surface area (Å²) in [7, 11) is 0. The summed E-state index contributed by atoms with van der Waals surface area (Å²) in [5.74, 6) is 2.68. The molecule has 0 bridgehead atoms. The molecule has 10 nitrogen and oxygen atoms in total. The van der Waals surface area contributed by atoms with Crippen molar-refractivity contribution in [3.63, 3.8) is 0 Å². The zero-order valence-electron chi connectivity index (χ0n) is 27.3. The standard InChI is InChI=1S/C24H25ClN4O3.C12H17ClN2O.ClH/c25-22-17-19(5-8-23(22)31-16-15-29-13-1-2-14-29)28-24(30)27-18-3-6-20(7-4-18)32-21-9-11-26-12-10-21;13-11-9-10(14)3-4-12(11)16-8-7-15-5-1-2-6-15;/h3-12,17H,1-2,13-16H2,(H2,27,28,30);3-4,9H,1-2,5-8,14H2;1H. The lowest BCUT2D eigenvalue weighted by atomic mass is 10.3. The van der Waals surface area contributed by atoms with Crippen LogP contribution in [0.15, 0.2) is 85.2 Å². The Hall–Kier alpha value is -3.93.